The van der Waals surface area contributed by atoms with Gasteiger partial charge >= 0.3 is 0 Å². The largest absolute Gasteiger partial charge is 0.353 e. The summed E-state index contributed by atoms with van der Waals surface area (Å²) in [6.07, 6.45) is 36.7. The van der Waals surface area contributed by atoms with Gasteiger partial charge < -0.3 is 4.74 Å². The fourth-order valence-corrected chi connectivity index (χ4v) is 9.15. The topological polar surface area (TPSA) is 60.8 Å². The van der Waals surface area contributed by atoms with E-state index >= 15 is 0 Å². The van der Waals surface area contributed by atoms with Gasteiger partial charge in [-0.25, -0.2) is 0 Å². The van der Waals surface area contributed by atoms with E-state index in [0.29, 0.717) is 0 Å². The Morgan fingerprint density at radius 3 is 0.896 bits per heavy atom. The first-order valence-electron chi connectivity index (χ1n) is 26.7. The van der Waals surface area contributed by atoms with Gasteiger partial charge in [-0.05, 0) is 84.7 Å². The van der Waals surface area contributed by atoms with Crippen LogP contribution in [-0.2, 0) is 30.4 Å². The molecule has 6 aromatic rings. The lowest BCUT2D eigenvalue weighted by atomic mass is 9.99. The zero-order chi connectivity index (χ0) is 46.7. The second-order valence-corrected chi connectivity index (χ2v) is 19.1. The van der Waals surface area contributed by atoms with Crippen molar-refractivity contribution in [2.45, 2.75) is 194 Å². The fourth-order valence-electron chi connectivity index (χ4n) is 9.15. The van der Waals surface area contributed by atoms with Crippen LogP contribution in [0.15, 0.2) is 122 Å². The standard InChI is InChI=1S/C62H82N4O/c1-5-9-13-17-19-23-27-51-33-41-55(42-34-51)61(59-47-63-57(45-65-59)53-37-29-49(30-38-53)25-21-15-11-7-3)67-62(56-43-35-52(36-44-56)28-24-20-18-14-10-6-2)60-48-64-58(46-66-60)54-39-31-50(32-40-54)26-22-16-12-8-4/h29-48,61-62H,5-28H2,1-4H3. The molecule has 356 valence electrons. The van der Waals surface area contributed by atoms with E-state index in [9.17, 15) is 0 Å². The number of hydrogen-bond donors (Lipinski definition) is 0. The number of ether oxygens (including phenoxy) is 1. The van der Waals surface area contributed by atoms with Crippen LogP contribution in [0.5, 0.6) is 0 Å². The summed E-state index contributed by atoms with van der Waals surface area (Å²) in [6.45, 7) is 9.09. The molecule has 67 heavy (non-hydrogen) atoms. The number of nitrogens with zero attached hydrogens (tertiary/aromatic N) is 4. The number of aryl methyl sites for hydroxylation is 4. The molecule has 2 aromatic heterocycles. The van der Waals surface area contributed by atoms with Gasteiger partial charge in [0.2, 0.25) is 0 Å². The minimum atomic E-state index is -0.491. The Morgan fingerprint density at radius 1 is 0.313 bits per heavy atom. The first-order valence-corrected chi connectivity index (χ1v) is 26.7. The van der Waals surface area contributed by atoms with E-state index in [1.807, 2.05) is 24.8 Å². The predicted octanol–water partition coefficient (Wildman–Crippen LogP) is 17.5. The van der Waals surface area contributed by atoms with E-state index in [1.165, 1.54) is 151 Å². The quantitative estimate of drug-likeness (QED) is 0.0395. The van der Waals surface area contributed by atoms with Gasteiger partial charge in [-0.2, -0.15) is 0 Å². The Labute approximate surface area is 406 Å². The molecular formula is C62H82N4O. The molecule has 2 heterocycles. The van der Waals surface area contributed by atoms with E-state index in [1.54, 1.807) is 0 Å². The lowest BCUT2D eigenvalue weighted by molar-refractivity contribution is 0.0258. The summed E-state index contributed by atoms with van der Waals surface area (Å²) in [5.74, 6) is 0. The summed E-state index contributed by atoms with van der Waals surface area (Å²) in [7, 11) is 0. The van der Waals surface area contributed by atoms with E-state index in [-0.39, 0.29) is 0 Å². The Kier molecular flexibility index (Phi) is 22.8. The van der Waals surface area contributed by atoms with E-state index in [4.69, 9.17) is 24.7 Å². The van der Waals surface area contributed by atoms with Crippen LogP contribution in [0.4, 0.5) is 0 Å². The summed E-state index contributed by atoms with van der Waals surface area (Å²) < 4.78 is 7.37. The Morgan fingerprint density at radius 2 is 0.597 bits per heavy atom. The van der Waals surface area contributed by atoms with Gasteiger partial charge in [0.05, 0.1) is 47.6 Å². The first kappa shape index (κ1) is 51.4. The van der Waals surface area contributed by atoms with Gasteiger partial charge in [0.15, 0.2) is 0 Å². The van der Waals surface area contributed by atoms with Crippen molar-refractivity contribution in [1.82, 2.24) is 19.9 Å². The molecule has 2 unspecified atom stereocenters. The van der Waals surface area contributed by atoms with Crippen molar-refractivity contribution >= 4 is 0 Å². The van der Waals surface area contributed by atoms with Crippen LogP contribution < -0.4 is 0 Å². The molecule has 0 bridgehead atoms. The summed E-state index contributed by atoms with van der Waals surface area (Å²) in [5, 5.41) is 0. The van der Waals surface area contributed by atoms with E-state index in [0.717, 1.165) is 70.7 Å². The van der Waals surface area contributed by atoms with Crippen LogP contribution in [-0.4, -0.2) is 19.9 Å². The predicted molar refractivity (Wildman–Crippen MR) is 282 cm³/mol. The molecule has 0 aliphatic heterocycles. The molecular weight excluding hydrogens is 817 g/mol. The first-order chi connectivity index (χ1) is 33.1. The van der Waals surface area contributed by atoms with Gasteiger partial charge in [-0.1, -0.05) is 227 Å². The average Bonchev–Trinajstić information content (AvgIpc) is 3.38. The summed E-state index contributed by atoms with van der Waals surface area (Å²) >= 11 is 0. The third kappa shape index (κ3) is 17.2. The molecule has 0 saturated heterocycles. The number of rotatable bonds is 32. The minimum absolute atomic E-state index is 0.491. The van der Waals surface area contributed by atoms with Crippen molar-refractivity contribution in [2.24, 2.45) is 0 Å². The molecule has 5 heteroatoms. The molecule has 0 spiro atoms. The Hall–Kier alpha value is -5.00. The van der Waals surface area contributed by atoms with Crippen molar-refractivity contribution in [3.63, 3.8) is 0 Å². The third-order valence-electron chi connectivity index (χ3n) is 13.5. The van der Waals surface area contributed by atoms with Gasteiger partial charge in [0.25, 0.3) is 0 Å². The van der Waals surface area contributed by atoms with Gasteiger partial charge in [-0.15, -0.1) is 0 Å². The van der Waals surface area contributed by atoms with Crippen molar-refractivity contribution in [3.8, 4) is 22.5 Å². The van der Waals surface area contributed by atoms with Crippen LogP contribution in [0.25, 0.3) is 22.5 Å². The normalized spacial score (nSPS) is 12.4. The van der Waals surface area contributed by atoms with E-state index in [2.05, 4.69) is 125 Å². The number of unbranched alkanes of at least 4 members (excludes halogenated alkanes) is 16. The maximum Gasteiger partial charge on any atom is 0.127 e. The Balaban J connectivity index is 1.27. The van der Waals surface area contributed by atoms with Crippen LogP contribution in [0.2, 0.25) is 0 Å². The maximum atomic E-state index is 7.37. The summed E-state index contributed by atoms with van der Waals surface area (Å²) in [5.41, 5.74) is 13.0. The van der Waals surface area contributed by atoms with Gasteiger partial charge in [0, 0.05) is 11.1 Å². The third-order valence-corrected chi connectivity index (χ3v) is 13.5. The van der Waals surface area contributed by atoms with Gasteiger partial charge in [0.1, 0.15) is 12.2 Å². The highest BCUT2D eigenvalue weighted by Crippen LogP contribution is 2.36. The smallest absolute Gasteiger partial charge is 0.127 e. The van der Waals surface area contributed by atoms with Gasteiger partial charge in [-0.3, -0.25) is 19.9 Å². The van der Waals surface area contributed by atoms with E-state index < -0.39 is 12.2 Å². The molecule has 6 rings (SSSR count). The highest BCUT2D eigenvalue weighted by molar-refractivity contribution is 5.59. The van der Waals surface area contributed by atoms with Crippen molar-refractivity contribution in [3.05, 3.63) is 167 Å². The maximum absolute atomic E-state index is 7.37. The van der Waals surface area contributed by atoms with Crippen LogP contribution >= 0.6 is 0 Å². The second kappa shape index (κ2) is 29.7. The summed E-state index contributed by atoms with van der Waals surface area (Å²) in [4.78, 5) is 20.3. The highest BCUT2D eigenvalue weighted by Gasteiger charge is 2.26. The number of hydrogen-bond acceptors (Lipinski definition) is 5. The Bertz CT molecular complexity index is 2040. The molecule has 0 aliphatic rings. The minimum Gasteiger partial charge on any atom is -0.353 e. The van der Waals surface area contributed by atoms with Crippen LogP contribution in [0.1, 0.15) is 213 Å². The van der Waals surface area contributed by atoms with Crippen LogP contribution in [0, 0.1) is 0 Å². The molecule has 5 nitrogen and oxygen atoms in total. The molecule has 0 amide bonds. The van der Waals surface area contributed by atoms with Crippen molar-refractivity contribution < 1.29 is 4.74 Å². The molecule has 0 radical (unpaired) electrons. The zero-order valence-electron chi connectivity index (χ0n) is 41.9. The average molecular weight is 899 g/mol. The molecule has 0 fully saturated rings. The van der Waals surface area contributed by atoms with Crippen LogP contribution in [0.3, 0.4) is 0 Å². The fraction of sp³-hybridized carbons (Fsp3) is 0.484. The lowest BCUT2D eigenvalue weighted by Gasteiger charge is -2.25. The molecule has 2 atom stereocenters. The second-order valence-electron chi connectivity index (χ2n) is 19.1. The zero-order valence-corrected chi connectivity index (χ0v) is 41.9. The molecule has 4 aromatic carbocycles. The molecule has 0 N–H and O–H groups in total. The molecule has 0 aliphatic carbocycles. The van der Waals surface area contributed by atoms with Crippen molar-refractivity contribution in [1.29, 1.82) is 0 Å². The number of benzene rings is 4. The lowest BCUT2D eigenvalue weighted by Crippen LogP contribution is -2.16. The highest BCUT2D eigenvalue weighted by atomic mass is 16.5. The SMILES string of the molecule is CCCCCCCCc1ccc(C(OC(c2ccc(CCCCCCCC)cc2)c2cnc(-c3ccc(CCCCCC)cc3)cn2)c2cnc(-c3ccc(CCCCCC)cc3)cn2)cc1. The monoisotopic (exact) mass is 899 g/mol. The molecule has 0 saturated carbocycles. The van der Waals surface area contributed by atoms with Crippen molar-refractivity contribution in [2.75, 3.05) is 0 Å². The summed E-state index contributed by atoms with van der Waals surface area (Å²) in [6, 6.07) is 35.8. The number of aromatic nitrogens is 4.